The molecule has 0 rings (SSSR count). The van der Waals surface area contributed by atoms with Crippen molar-refractivity contribution in [1.82, 2.24) is 0 Å². The molecule has 0 amide bonds. The van der Waals surface area contributed by atoms with E-state index in [1.165, 1.54) is 128 Å². The lowest BCUT2D eigenvalue weighted by Gasteiger charge is -2.34. The second-order valence-electron chi connectivity index (χ2n) is 13.9. The van der Waals surface area contributed by atoms with Gasteiger partial charge in [-0.1, -0.05) is 168 Å². The highest BCUT2D eigenvalue weighted by atomic mass is 16.5. The zero-order valence-corrected chi connectivity index (χ0v) is 30.4. The summed E-state index contributed by atoms with van der Waals surface area (Å²) in [4.78, 5) is 24.9. The second-order valence-corrected chi connectivity index (χ2v) is 13.9. The lowest BCUT2D eigenvalue weighted by molar-refractivity contribution is -0.908. The topological polar surface area (TPSA) is 52.6 Å². The fourth-order valence-corrected chi connectivity index (χ4v) is 6.00. The van der Waals surface area contributed by atoms with E-state index in [1.54, 1.807) is 0 Å². The van der Waals surface area contributed by atoms with Crippen molar-refractivity contribution in [3.8, 4) is 0 Å². The number of carbonyl (C=O) groups excluding carboxylic acids is 2. The van der Waals surface area contributed by atoms with Gasteiger partial charge in [-0.15, -0.1) is 0 Å². The number of carbonyl (C=O) groups is 2. The molecule has 0 N–H and O–H groups in total. The monoisotopic (exact) mass is 625 g/mol. The summed E-state index contributed by atoms with van der Waals surface area (Å²) in [5.41, 5.74) is 0. The summed E-state index contributed by atoms with van der Waals surface area (Å²) < 4.78 is 11.8. The van der Waals surface area contributed by atoms with Crippen LogP contribution in [0, 0.1) is 0 Å². The second kappa shape index (κ2) is 33.3. The maximum absolute atomic E-state index is 12.4. The summed E-state index contributed by atoms with van der Waals surface area (Å²) in [5.74, 6) is -0.188. The molecule has 0 atom stereocenters. The number of esters is 2. The van der Waals surface area contributed by atoms with Crippen molar-refractivity contribution in [3.05, 3.63) is 0 Å². The Morgan fingerprint density at radius 1 is 0.386 bits per heavy atom. The summed E-state index contributed by atoms with van der Waals surface area (Å²) in [6.45, 7) is 10.2. The lowest BCUT2D eigenvalue weighted by Crippen LogP contribution is -2.47. The molecule has 0 aliphatic rings. The number of rotatable bonds is 35. The minimum Gasteiger partial charge on any atom is -0.466 e. The number of ether oxygens (including phenoxy) is 2. The smallest absolute Gasteiger partial charge is 0.311 e. The van der Waals surface area contributed by atoms with E-state index >= 15 is 0 Å². The number of nitrogens with zero attached hydrogens (tertiary/aromatic N) is 1. The first kappa shape index (κ1) is 42.9. The number of quaternary nitrogens is 1. The number of hydrogen-bond acceptors (Lipinski definition) is 4. The molecule has 0 radical (unpaired) electrons. The molecule has 0 aromatic rings. The summed E-state index contributed by atoms with van der Waals surface area (Å²) in [6.07, 6.45) is 34.4. The highest BCUT2D eigenvalue weighted by molar-refractivity contribution is 5.70. The predicted molar refractivity (Wildman–Crippen MR) is 189 cm³/mol. The first-order chi connectivity index (χ1) is 21.5. The molecule has 0 saturated carbocycles. The fraction of sp³-hybridized carbons (Fsp3) is 0.949. The molecule has 5 heteroatoms. The Balaban J connectivity index is 3.86. The Morgan fingerprint density at radius 2 is 0.659 bits per heavy atom. The molecule has 0 aromatic heterocycles. The van der Waals surface area contributed by atoms with Gasteiger partial charge in [0.2, 0.25) is 0 Å². The molecule has 0 heterocycles. The van der Waals surface area contributed by atoms with Crippen LogP contribution in [0.25, 0.3) is 0 Å². The van der Waals surface area contributed by atoms with Gasteiger partial charge in [-0.05, 0) is 19.3 Å². The fourth-order valence-electron chi connectivity index (χ4n) is 6.00. The highest BCUT2D eigenvalue weighted by Gasteiger charge is 2.24. The quantitative estimate of drug-likeness (QED) is 0.0400. The molecule has 0 aliphatic heterocycles. The molecular weight excluding hydrogens is 546 g/mol. The Morgan fingerprint density at radius 3 is 0.955 bits per heavy atom. The first-order valence-corrected chi connectivity index (χ1v) is 19.6. The third-order valence-corrected chi connectivity index (χ3v) is 9.28. The SMILES string of the molecule is CCCCCCCCCCCCCCOC(=O)CC[N+](C)(CCCC)CCC(=O)OCCCCCCCCCCCCCC. The zero-order valence-electron chi connectivity index (χ0n) is 30.4. The van der Waals surface area contributed by atoms with Crippen LogP contribution in [0.1, 0.15) is 201 Å². The van der Waals surface area contributed by atoms with Crippen LogP contribution in [-0.4, -0.2) is 56.3 Å². The van der Waals surface area contributed by atoms with Crippen LogP contribution < -0.4 is 0 Å². The van der Waals surface area contributed by atoms with E-state index < -0.39 is 0 Å². The molecule has 0 spiro atoms. The number of unbranched alkanes of at least 4 members (excludes halogenated alkanes) is 23. The van der Waals surface area contributed by atoms with Crippen molar-refractivity contribution in [2.45, 2.75) is 201 Å². The average Bonchev–Trinajstić information content (AvgIpc) is 3.02. The van der Waals surface area contributed by atoms with Gasteiger partial charge >= 0.3 is 11.9 Å². The van der Waals surface area contributed by atoms with Crippen LogP contribution in [-0.2, 0) is 19.1 Å². The minimum atomic E-state index is -0.0940. The zero-order chi connectivity index (χ0) is 32.4. The van der Waals surface area contributed by atoms with Crippen molar-refractivity contribution >= 4 is 11.9 Å². The Kier molecular flexibility index (Phi) is 32.4. The van der Waals surface area contributed by atoms with Gasteiger partial charge in [-0.25, -0.2) is 0 Å². The molecule has 0 aliphatic carbocycles. The Labute approximate surface area is 275 Å². The van der Waals surface area contributed by atoms with Crippen molar-refractivity contribution in [2.24, 2.45) is 0 Å². The van der Waals surface area contributed by atoms with Crippen molar-refractivity contribution in [3.63, 3.8) is 0 Å². The van der Waals surface area contributed by atoms with Gasteiger partial charge in [-0.2, -0.15) is 0 Å². The van der Waals surface area contributed by atoms with Gasteiger partial charge in [0, 0.05) is 0 Å². The maximum Gasteiger partial charge on any atom is 0.311 e. The molecule has 262 valence electrons. The van der Waals surface area contributed by atoms with Gasteiger partial charge in [0.25, 0.3) is 0 Å². The van der Waals surface area contributed by atoms with E-state index in [2.05, 4.69) is 27.8 Å². The Hall–Kier alpha value is -1.10. The van der Waals surface area contributed by atoms with E-state index in [-0.39, 0.29) is 11.9 Å². The molecule has 0 bridgehead atoms. The summed E-state index contributed by atoms with van der Waals surface area (Å²) in [6, 6.07) is 0. The van der Waals surface area contributed by atoms with Gasteiger partial charge < -0.3 is 14.0 Å². The standard InChI is InChI=1S/C39H78NO4/c1-5-8-11-13-15-17-19-21-23-25-27-29-36-43-38(41)31-34-40(4,33-10-7-3)35-32-39(42)44-37-30-28-26-24-22-20-18-16-14-12-9-6-2/h5-37H2,1-4H3/q+1. The van der Waals surface area contributed by atoms with Crippen molar-refractivity contribution in [2.75, 3.05) is 39.9 Å². The predicted octanol–water partition coefficient (Wildman–Crippen LogP) is 11.5. The number of hydrogen-bond donors (Lipinski definition) is 0. The van der Waals surface area contributed by atoms with Crippen LogP contribution in [0.15, 0.2) is 0 Å². The van der Waals surface area contributed by atoms with Gasteiger partial charge in [0.1, 0.15) is 0 Å². The molecule has 0 fully saturated rings. The largest absolute Gasteiger partial charge is 0.466 e. The molecule has 0 unspecified atom stereocenters. The van der Waals surface area contributed by atoms with Crippen LogP contribution in [0.4, 0.5) is 0 Å². The maximum atomic E-state index is 12.4. The first-order valence-electron chi connectivity index (χ1n) is 19.6. The van der Waals surface area contributed by atoms with Crippen molar-refractivity contribution in [1.29, 1.82) is 0 Å². The molecular formula is C39H78NO4+. The van der Waals surface area contributed by atoms with Gasteiger partial charge in [0.15, 0.2) is 0 Å². The van der Waals surface area contributed by atoms with E-state index in [0.717, 1.165) is 62.6 Å². The molecule has 44 heavy (non-hydrogen) atoms. The molecule has 0 aromatic carbocycles. The van der Waals surface area contributed by atoms with E-state index in [9.17, 15) is 9.59 Å². The Bertz CT molecular complexity index is 577. The van der Waals surface area contributed by atoms with Gasteiger partial charge in [0.05, 0.1) is 52.7 Å². The molecule has 5 nitrogen and oxygen atoms in total. The van der Waals surface area contributed by atoms with E-state index in [0.29, 0.717) is 26.1 Å². The third kappa shape index (κ3) is 30.9. The van der Waals surface area contributed by atoms with Crippen molar-refractivity contribution < 1.29 is 23.5 Å². The van der Waals surface area contributed by atoms with Crippen LogP contribution in [0.2, 0.25) is 0 Å². The van der Waals surface area contributed by atoms with E-state index in [1.807, 2.05) is 0 Å². The highest BCUT2D eigenvalue weighted by Crippen LogP contribution is 2.14. The summed E-state index contributed by atoms with van der Waals surface area (Å²) >= 11 is 0. The molecule has 0 saturated heterocycles. The van der Waals surface area contributed by atoms with E-state index in [4.69, 9.17) is 9.47 Å². The third-order valence-electron chi connectivity index (χ3n) is 9.28. The normalized spacial score (nSPS) is 11.6. The van der Waals surface area contributed by atoms with Crippen LogP contribution in [0.3, 0.4) is 0 Å². The average molecular weight is 625 g/mol. The summed E-state index contributed by atoms with van der Waals surface area (Å²) in [7, 11) is 2.17. The summed E-state index contributed by atoms with van der Waals surface area (Å²) in [5, 5.41) is 0. The van der Waals surface area contributed by atoms with Crippen LogP contribution >= 0.6 is 0 Å². The van der Waals surface area contributed by atoms with Crippen LogP contribution in [0.5, 0.6) is 0 Å². The van der Waals surface area contributed by atoms with Gasteiger partial charge in [-0.3, -0.25) is 9.59 Å². The lowest BCUT2D eigenvalue weighted by atomic mass is 10.1. The minimum absolute atomic E-state index is 0.0940.